The van der Waals surface area contributed by atoms with Gasteiger partial charge in [0.2, 0.25) is 5.95 Å². The lowest BCUT2D eigenvalue weighted by Gasteiger charge is -2.30. The van der Waals surface area contributed by atoms with Crippen molar-refractivity contribution in [1.29, 1.82) is 0 Å². The van der Waals surface area contributed by atoms with Crippen molar-refractivity contribution < 1.29 is 33.3 Å². The van der Waals surface area contributed by atoms with E-state index in [0.29, 0.717) is 24.3 Å². The smallest absolute Gasteiger partial charge is 0.394 e. The van der Waals surface area contributed by atoms with E-state index < -0.39 is 56.8 Å². The molecule has 3 saturated heterocycles. The van der Waals surface area contributed by atoms with Crippen molar-refractivity contribution in [2.45, 2.75) is 62.6 Å². The number of imidazole rings is 2. The number of H-pyrrole nitrogens is 1. The molecular weight excluding hydrogens is 601 g/mol. The maximum Gasteiger partial charge on any atom is 0.408 e. The maximum atomic E-state index is 14.4. The number of aliphatic hydroxyl groups is 2. The number of hydrogen-bond donors (Lipinski definition) is 5. The molecule has 0 saturated carbocycles. The Morgan fingerprint density at radius 1 is 1.00 bits per heavy atom. The molecule has 4 aromatic rings. The number of aromatic nitrogens is 8. The first-order valence-corrected chi connectivity index (χ1v) is 15.7. The Bertz CT molecular complexity index is 1770. The van der Waals surface area contributed by atoms with Gasteiger partial charge in [-0.15, -0.1) is 0 Å². The fraction of sp³-hybridized carbons (Fsp3) is 0.583. The Balaban J connectivity index is 1.08. The molecule has 7 N–H and O–H groups in total. The number of rotatable bonds is 9. The van der Waals surface area contributed by atoms with E-state index in [1.54, 1.807) is 9.24 Å². The number of nitrogens with zero attached hydrogens (tertiary/aromatic N) is 8. The summed E-state index contributed by atoms with van der Waals surface area (Å²) < 4.78 is 43.5. The number of ether oxygens (including phenoxy) is 2. The van der Waals surface area contributed by atoms with E-state index in [1.165, 1.54) is 23.5 Å². The summed E-state index contributed by atoms with van der Waals surface area (Å²) in [5.41, 5.74) is 12.3. The highest BCUT2D eigenvalue weighted by Gasteiger charge is 2.47. The fourth-order valence-corrected chi connectivity index (χ4v) is 7.91. The lowest BCUT2D eigenvalue weighted by atomic mass is 10.2. The normalized spacial score (nSPS) is 29.2. The van der Waals surface area contributed by atoms with E-state index in [9.17, 15) is 19.6 Å². The van der Waals surface area contributed by atoms with Crippen molar-refractivity contribution in [2.75, 3.05) is 37.8 Å². The zero-order chi connectivity index (χ0) is 30.6. The number of aromatic amines is 1. The van der Waals surface area contributed by atoms with Gasteiger partial charge in [-0.05, 0) is 12.8 Å². The molecule has 236 valence electrons. The van der Waals surface area contributed by atoms with Crippen LogP contribution in [0.3, 0.4) is 0 Å². The first-order chi connectivity index (χ1) is 21.2. The van der Waals surface area contributed by atoms with Gasteiger partial charge in [0, 0.05) is 25.9 Å². The van der Waals surface area contributed by atoms with Crippen molar-refractivity contribution >= 4 is 41.8 Å². The van der Waals surface area contributed by atoms with Crippen molar-refractivity contribution in [2.24, 2.45) is 0 Å². The van der Waals surface area contributed by atoms with Crippen LogP contribution in [0.2, 0.25) is 0 Å². The molecule has 4 aromatic heterocycles. The standard InChI is InChI=1S/C24H32N11O8P/c25-20-18-21(28-9-27-20)34(10-29-18)16-5-12(37)15(42-16)8-40-44(39,33-3-1-2-4-33)43-13-6-17(41-14(13)7-36)35-11-30-19-22(35)31-24(26)32-23(19)38/h9-17,36-37H,1-8H2,(H2,25,27,28)(H3,26,31,32,38)/t12?,13?,14-,15-,16-,17-,44?/m1/s1. The van der Waals surface area contributed by atoms with Crippen LogP contribution in [0, 0.1) is 0 Å². The SMILES string of the molecule is Nc1nc2c(ncn2[C@H]2CC(OP(=O)(OC[C@H]3O[C@@H](n4cnc5c(N)ncnc54)CC3O)N3CCCC3)[C@@H](CO)O2)c(=O)[nH]1. The molecule has 0 bridgehead atoms. The number of aliphatic hydroxyl groups excluding tert-OH is 2. The summed E-state index contributed by atoms with van der Waals surface area (Å²) in [7, 11) is -3.96. The van der Waals surface area contributed by atoms with E-state index in [2.05, 4.69) is 29.9 Å². The third-order valence-electron chi connectivity index (χ3n) is 8.12. The molecule has 44 heavy (non-hydrogen) atoms. The van der Waals surface area contributed by atoms with Gasteiger partial charge in [-0.2, -0.15) is 4.98 Å². The Labute approximate surface area is 248 Å². The monoisotopic (exact) mass is 633 g/mol. The van der Waals surface area contributed by atoms with Crippen LogP contribution in [-0.2, 0) is 23.1 Å². The molecule has 7 heterocycles. The molecule has 3 unspecified atom stereocenters. The lowest BCUT2D eigenvalue weighted by Crippen LogP contribution is -2.32. The van der Waals surface area contributed by atoms with Crippen LogP contribution in [0.4, 0.5) is 11.8 Å². The molecule has 7 rings (SSSR count). The Morgan fingerprint density at radius 2 is 1.70 bits per heavy atom. The zero-order valence-electron chi connectivity index (χ0n) is 23.4. The van der Waals surface area contributed by atoms with E-state index in [1.807, 2.05) is 0 Å². The van der Waals surface area contributed by atoms with Gasteiger partial charge in [-0.1, -0.05) is 0 Å². The molecule has 0 aromatic carbocycles. The summed E-state index contributed by atoms with van der Waals surface area (Å²) in [6, 6.07) is 0. The highest BCUT2D eigenvalue weighted by molar-refractivity contribution is 7.51. The maximum absolute atomic E-state index is 14.4. The molecule has 3 aliphatic heterocycles. The Kier molecular flexibility index (Phi) is 7.58. The van der Waals surface area contributed by atoms with Crippen LogP contribution < -0.4 is 17.0 Å². The number of nitrogens with two attached hydrogens (primary N) is 2. The Morgan fingerprint density at radius 3 is 2.48 bits per heavy atom. The van der Waals surface area contributed by atoms with Gasteiger partial charge in [-0.3, -0.25) is 28.0 Å². The number of anilines is 2. The molecular formula is C24H32N11O8P. The molecule has 0 amide bonds. The van der Waals surface area contributed by atoms with Crippen molar-refractivity contribution in [3.8, 4) is 0 Å². The number of hydrogen-bond acceptors (Lipinski definition) is 15. The van der Waals surface area contributed by atoms with Crippen LogP contribution in [0.1, 0.15) is 38.1 Å². The highest BCUT2D eigenvalue weighted by atomic mass is 31.2. The van der Waals surface area contributed by atoms with Crippen LogP contribution in [0.5, 0.6) is 0 Å². The predicted octanol–water partition coefficient (Wildman–Crippen LogP) is -0.342. The van der Waals surface area contributed by atoms with Crippen LogP contribution in [-0.4, -0.2) is 105 Å². The summed E-state index contributed by atoms with van der Waals surface area (Å²) in [6.07, 6.45) is 1.35. The molecule has 0 aliphatic carbocycles. The van der Waals surface area contributed by atoms with Crippen molar-refractivity contribution in [3.05, 3.63) is 29.3 Å². The van der Waals surface area contributed by atoms with Crippen LogP contribution in [0.15, 0.2) is 23.8 Å². The summed E-state index contributed by atoms with van der Waals surface area (Å²) in [5, 5.41) is 21.0. The molecule has 19 nitrogen and oxygen atoms in total. The van der Waals surface area contributed by atoms with Gasteiger partial charge in [-0.25, -0.2) is 29.2 Å². The number of nitrogens with one attached hydrogen (secondary N) is 1. The summed E-state index contributed by atoms with van der Waals surface area (Å²) >= 11 is 0. The molecule has 20 heteroatoms. The Hall–Kier alpha value is -3.55. The van der Waals surface area contributed by atoms with Gasteiger partial charge in [0.15, 0.2) is 22.6 Å². The van der Waals surface area contributed by atoms with Crippen molar-refractivity contribution in [3.63, 3.8) is 0 Å². The average molecular weight is 634 g/mol. The predicted molar refractivity (Wildman–Crippen MR) is 152 cm³/mol. The number of fused-ring (bicyclic) bond motifs is 2. The van der Waals surface area contributed by atoms with E-state index in [0.717, 1.165) is 12.8 Å². The second kappa shape index (κ2) is 11.4. The van der Waals surface area contributed by atoms with Crippen LogP contribution >= 0.6 is 7.75 Å². The van der Waals surface area contributed by atoms with Gasteiger partial charge in [0.1, 0.15) is 42.6 Å². The highest BCUT2D eigenvalue weighted by Crippen LogP contribution is 2.57. The first kappa shape index (κ1) is 29.2. The number of nitrogen functional groups attached to an aromatic ring is 2. The summed E-state index contributed by atoms with van der Waals surface area (Å²) in [6.45, 7) is 0.307. The topological polar surface area (TPSA) is 257 Å². The lowest BCUT2D eigenvalue weighted by molar-refractivity contribution is -0.0534. The van der Waals surface area contributed by atoms with E-state index >= 15 is 0 Å². The van der Waals surface area contributed by atoms with E-state index in [4.69, 9.17) is 30.0 Å². The minimum absolute atomic E-state index is 0.0758. The molecule has 7 atom stereocenters. The van der Waals surface area contributed by atoms with E-state index in [-0.39, 0.29) is 42.4 Å². The largest absolute Gasteiger partial charge is 0.408 e. The first-order valence-electron chi connectivity index (χ1n) is 14.2. The molecule has 3 fully saturated rings. The van der Waals surface area contributed by atoms with Gasteiger partial charge < -0.3 is 31.2 Å². The second-order valence-corrected chi connectivity index (χ2v) is 12.9. The van der Waals surface area contributed by atoms with Crippen molar-refractivity contribution in [1.82, 2.24) is 43.7 Å². The quantitative estimate of drug-likeness (QED) is 0.148. The zero-order valence-corrected chi connectivity index (χ0v) is 24.3. The van der Waals surface area contributed by atoms with Gasteiger partial charge in [0.05, 0.1) is 32.0 Å². The fourth-order valence-electron chi connectivity index (χ4n) is 5.88. The molecule has 0 spiro atoms. The molecule has 0 radical (unpaired) electrons. The molecule has 3 aliphatic rings. The summed E-state index contributed by atoms with van der Waals surface area (Å²) in [4.78, 5) is 35.4. The second-order valence-electron chi connectivity index (χ2n) is 10.9. The minimum Gasteiger partial charge on any atom is -0.394 e. The minimum atomic E-state index is -3.96. The van der Waals surface area contributed by atoms with Gasteiger partial charge in [0.25, 0.3) is 5.56 Å². The summed E-state index contributed by atoms with van der Waals surface area (Å²) in [5.74, 6) is 0.142. The third-order valence-corrected chi connectivity index (χ3v) is 10.2. The van der Waals surface area contributed by atoms with Crippen LogP contribution in [0.25, 0.3) is 22.3 Å². The third kappa shape index (κ3) is 5.14. The van der Waals surface area contributed by atoms with Gasteiger partial charge >= 0.3 is 7.75 Å². The average Bonchev–Trinajstić information content (AvgIpc) is 3.82.